The number of ether oxygens (including phenoxy) is 1. The molecular weight excluding hydrogens is 236 g/mol. The van der Waals surface area contributed by atoms with E-state index in [0.29, 0.717) is 0 Å². The molecule has 1 saturated carbocycles. The molecule has 0 spiro atoms. The molecule has 0 unspecified atom stereocenters. The Bertz CT molecular complexity index is 335. The summed E-state index contributed by atoms with van der Waals surface area (Å²) in [6.45, 7) is 3.26. The van der Waals surface area contributed by atoms with Gasteiger partial charge in [-0.2, -0.15) is 0 Å². The quantitative estimate of drug-likeness (QED) is 0.559. The predicted molar refractivity (Wildman–Crippen MR) is 64.7 cm³/mol. The predicted octanol–water partition coefficient (Wildman–Crippen LogP) is 0.732. The summed E-state index contributed by atoms with van der Waals surface area (Å²) in [5.74, 6) is -1.08. The summed E-state index contributed by atoms with van der Waals surface area (Å²) in [4.78, 5) is 33.8. The number of rotatable bonds is 5. The number of carbonyl (C=O) groups excluding carboxylic acids is 3. The van der Waals surface area contributed by atoms with Crippen LogP contribution in [0.15, 0.2) is 12.7 Å². The third-order valence-corrected chi connectivity index (χ3v) is 2.69. The molecule has 3 amide bonds. The monoisotopic (exact) mass is 254 g/mol. The molecule has 0 bridgehead atoms. The van der Waals surface area contributed by atoms with Gasteiger partial charge < -0.3 is 10.1 Å². The van der Waals surface area contributed by atoms with Crippen molar-refractivity contribution in [2.24, 2.45) is 5.92 Å². The molecule has 0 heterocycles. The van der Waals surface area contributed by atoms with Crippen LogP contribution >= 0.6 is 0 Å². The van der Waals surface area contributed by atoms with Crippen LogP contribution in [0.1, 0.15) is 25.7 Å². The summed E-state index contributed by atoms with van der Waals surface area (Å²) < 4.78 is 4.84. The van der Waals surface area contributed by atoms with Crippen LogP contribution in [0.25, 0.3) is 0 Å². The van der Waals surface area contributed by atoms with E-state index < -0.39 is 18.5 Å². The van der Waals surface area contributed by atoms with Gasteiger partial charge in [0.05, 0.1) is 5.92 Å². The maximum atomic E-state index is 11.5. The van der Waals surface area contributed by atoms with Crippen LogP contribution in [0, 0.1) is 5.92 Å². The van der Waals surface area contributed by atoms with E-state index in [4.69, 9.17) is 4.74 Å². The Morgan fingerprint density at radius 2 is 1.94 bits per heavy atom. The Balaban J connectivity index is 2.17. The van der Waals surface area contributed by atoms with Gasteiger partial charge in [-0.05, 0) is 12.8 Å². The number of hydrogen-bond donors (Lipinski definition) is 2. The van der Waals surface area contributed by atoms with Crippen LogP contribution in [0.5, 0.6) is 0 Å². The van der Waals surface area contributed by atoms with Gasteiger partial charge >= 0.3 is 12.0 Å². The summed E-state index contributed by atoms with van der Waals surface area (Å²) >= 11 is 0. The van der Waals surface area contributed by atoms with E-state index in [1.165, 1.54) is 6.08 Å². The number of hydrogen-bond acceptors (Lipinski definition) is 4. The van der Waals surface area contributed by atoms with Crippen LogP contribution in [-0.4, -0.2) is 31.1 Å². The first-order valence-electron chi connectivity index (χ1n) is 5.98. The largest absolute Gasteiger partial charge is 0.455 e. The number of amides is 3. The van der Waals surface area contributed by atoms with E-state index in [-0.39, 0.29) is 18.4 Å². The first-order valence-corrected chi connectivity index (χ1v) is 5.98. The summed E-state index contributed by atoms with van der Waals surface area (Å²) in [5.41, 5.74) is 0. The van der Waals surface area contributed by atoms with Gasteiger partial charge in [0.25, 0.3) is 5.91 Å². The number of esters is 1. The van der Waals surface area contributed by atoms with Gasteiger partial charge in [-0.1, -0.05) is 18.9 Å². The summed E-state index contributed by atoms with van der Waals surface area (Å²) in [6, 6.07) is -0.628. The van der Waals surface area contributed by atoms with E-state index in [1.54, 1.807) is 0 Å². The lowest BCUT2D eigenvalue weighted by atomic mass is 10.1. The third kappa shape index (κ3) is 4.99. The molecular formula is C12H18N2O4. The molecule has 0 aromatic rings. The minimum atomic E-state index is -0.636. The summed E-state index contributed by atoms with van der Waals surface area (Å²) in [5, 5.41) is 4.42. The Morgan fingerprint density at radius 1 is 1.28 bits per heavy atom. The molecule has 0 saturated heterocycles. The van der Waals surface area contributed by atoms with Gasteiger partial charge in [-0.15, -0.1) is 6.58 Å². The number of nitrogens with one attached hydrogen (secondary N) is 2. The van der Waals surface area contributed by atoms with Gasteiger partial charge in [0.1, 0.15) is 0 Å². The fourth-order valence-electron chi connectivity index (χ4n) is 1.79. The Hall–Kier alpha value is -1.85. The number of carbonyl (C=O) groups is 3. The summed E-state index contributed by atoms with van der Waals surface area (Å²) in [6.07, 6.45) is 5.18. The van der Waals surface area contributed by atoms with E-state index >= 15 is 0 Å². The molecule has 0 aliphatic heterocycles. The molecule has 100 valence electrons. The van der Waals surface area contributed by atoms with E-state index in [1.807, 2.05) is 5.32 Å². The van der Waals surface area contributed by atoms with Crippen molar-refractivity contribution in [3.8, 4) is 0 Å². The maximum absolute atomic E-state index is 11.5. The van der Waals surface area contributed by atoms with Crippen molar-refractivity contribution in [1.29, 1.82) is 0 Å². The van der Waals surface area contributed by atoms with Crippen LogP contribution in [0.3, 0.4) is 0 Å². The molecule has 6 heteroatoms. The Labute approximate surface area is 106 Å². The van der Waals surface area contributed by atoms with Gasteiger partial charge in [-0.25, -0.2) is 4.79 Å². The van der Waals surface area contributed by atoms with Crippen molar-refractivity contribution >= 4 is 17.9 Å². The molecule has 1 rings (SSSR count). The highest BCUT2D eigenvalue weighted by molar-refractivity contribution is 5.95. The zero-order valence-corrected chi connectivity index (χ0v) is 10.2. The Morgan fingerprint density at radius 3 is 2.56 bits per heavy atom. The molecule has 0 radical (unpaired) electrons. The van der Waals surface area contributed by atoms with Gasteiger partial charge in [0, 0.05) is 6.54 Å². The molecule has 2 N–H and O–H groups in total. The normalized spacial score (nSPS) is 14.9. The highest BCUT2D eigenvalue weighted by Crippen LogP contribution is 2.25. The van der Waals surface area contributed by atoms with Crippen molar-refractivity contribution in [1.82, 2.24) is 10.6 Å². The Kier molecular flexibility index (Phi) is 5.90. The van der Waals surface area contributed by atoms with E-state index in [2.05, 4.69) is 11.9 Å². The van der Waals surface area contributed by atoms with Crippen molar-refractivity contribution in [3.63, 3.8) is 0 Å². The average Bonchev–Trinajstić information content (AvgIpc) is 2.87. The highest BCUT2D eigenvalue weighted by atomic mass is 16.5. The first kappa shape index (κ1) is 14.2. The second-order valence-corrected chi connectivity index (χ2v) is 4.14. The molecule has 1 fully saturated rings. The van der Waals surface area contributed by atoms with Gasteiger partial charge in [-0.3, -0.25) is 14.9 Å². The maximum Gasteiger partial charge on any atom is 0.321 e. The lowest BCUT2D eigenvalue weighted by Gasteiger charge is -2.09. The van der Waals surface area contributed by atoms with Crippen LogP contribution in [-0.2, 0) is 14.3 Å². The van der Waals surface area contributed by atoms with Gasteiger partial charge in [0.2, 0.25) is 0 Å². The topological polar surface area (TPSA) is 84.5 Å². The summed E-state index contributed by atoms with van der Waals surface area (Å²) in [7, 11) is 0. The fraction of sp³-hybridized carbons (Fsp3) is 0.583. The SMILES string of the molecule is C=CCNC(=O)NC(=O)COC(=O)C1CCCC1. The second-order valence-electron chi connectivity index (χ2n) is 4.14. The number of imide groups is 1. The molecule has 18 heavy (non-hydrogen) atoms. The zero-order valence-electron chi connectivity index (χ0n) is 10.2. The minimum Gasteiger partial charge on any atom is -0.455 e. The second kappa shape index (κ2) is 7.47. The highest BCUT2D eigenvalue weighted by Gasteiger charge is 2.24. The minimum absolute atomic E-state index is 0.0904. The van der Waals surface area contributed by atoms with Gasteiger partial charge in [0.15, 0.2) is 6.61 Å². The van der Waals surface area contributed by atoms with Crippen molar-refractivity contribution in [2.75, 3.05) is 13.2 Å². The molecule has 0 atom stereocenters. The smallest absolute Gasteiger partial charge is 0.321 e. The van der Waals surface area contributed by atoms with E-state index in [9.17, 15) is 14.4 Å². The van der Waals surface area contributed by atoms with Crippen molar-refractivity contribution in [2.45, 2.75) is 25.7 Å². The van der Waals surface area contributed by atoms with Crippen LogP contribution < -0.4 is 10.6 Å². The average molecular weight is 254 g/mol. The number of urea groups is 1. The lowest BCUT2D eigenvalue weighted by molar-refractivity contribution is -0.152. The molecule has 0 aromatic heterocycles. The first-order chi connectivity index (χ1) is 8.63. The van der Waals surface area contributed by atoms with Crippen LogP contribution in [0.4, 0.5) is 4.79 Å². The zero-order chi connectivity index (χ0) is 13.4. The van der Waals surface area contributed by atoms with E-state index in [0.717, 1.165) is 25.7 Å². The molecule has 0 aromatic carbocycles. The van der Waals surface area contributed by atoms with Crippen LogP contribution in [0.2, 0.25) is 0 Å². The fourth-order valence-corrected chi connectivity index (χ4v) is 1.79. The molecule has 1 aliphatic rings. The van der Waals surface area contributed by atoms with Crippen molar-refractivity contribution < 1.29 is 19.1 Å². The molecule has 6 nitrogen and oxygen atoms in total. The van der Waals surface area contributed by atoms with Crippen molar-refractivity contribution in [3.05, 3.63) is 12.7 Å². The third-order valence-electron chi connectivity index (χ3n) is 2.69. The lowest BCUT2D eigenvalue weighted by Crippen LogP contribution is -2.41. The molecule has 1 aliphatic carbocycles. The standard InChI is InChI=1S/C12H18N2O4/c1-2-7-13-12(17)14-10(15)8-18-11(16)9-5-3-4-6-9/h2,9H,1,3-8H2,(H2,13,14,15,17).